The minimum Gasteiger partial charge on any atom is -0.394 e. The molecule has 1 saturated heterocycles. The number of halogens is 1. The number of urea groups is 1. The molecule has 1 heterocycles. The molecule has 1 aliphatic heterocycles. The van der Waals surface area contributed by atoms with Crippen LogP contribution >= 0.6 is 11.6 Å². The molecule has 23 heavy (non-hydrogen) atoms. The van der Waals surface area contributed by atoms with Gasteiger partial charge in [-0.2, -0.15) is 0 Å². The molecule has 1 aromatic carbocycles. The number of nitrogens with zero attached hydrogens (tertiary/aromatic N) is 2. The van der Waals surface area contributed by atoms with Crippen molar-refractivity contribution < 1.29 is 19.4 Å². The highest BCUT2D eigenvalue weighted by Gasteiger charge is 2.30. The molecule has 2 rings (SSSR count). The van der Waals surface area contributed by atoms with Crippen molar-refractivity contribution in [1.82, 2.24) is 10.2 Å². The van der Waals surface area contributed by atoms with Gasteiger partial charge in [0.05, 0.1) is 19.8 Å². The Morgan fingerprint density at radius 3 is 2.70 bits per heavy atom. The third kappa shape index (κ3) is 5.09. The number of carbonyl (C=O) groups is 2. The number of benzene rings is 1. The van der Waals surface area contributed by atoms with Crippen molar-refractivity contribution >= 4 is 29.2 Å². The maximum atomic E-state index is 12.3. The van der Waals surface area contributed by atoms with Crippen LogP contribution in [0.5, 0.6) is 0 Å². The van der Waals surface area contributed by atoms with Gasteiger partial charge in [0.15, 0.2) is 0 Å². The summed E-state index contributed by atoms with van der Waals surface area (Å²) in [6.07, 6.45) is 0. The van der Waals surface area contributed by atoms with E-state index in [1.807, 2.05) is 0 Å². The van der Waals surface area contributed by atoms with E-state index in [0.29, 0.717) is 31.3 Å². The van der Waals surface area contributed by atoms with Gasteiger partial charge in [-0.25, -0.2) is 4.79 Å². The summed E-state index contributed by atoms with van der Waals surface area (Å²) in [4.78, 5) is 27.3. The van der Waals surface area contributed by atoms with Gasteiger partial charge in [0.2, 0.25) is 5.91 Å². The van der Waals surface area contributed by atoms with E-state index < -0.39 is 0 Å². The van der Waals surface area contributed by atoms with Crippen molar-refractivity contribution in [3.8, 4) is 0 Å². The van der Waals surface area contributed by atoms with Gasteiger partial charge in [-0.1, -0.05) is 11.6 Å². The number of aliphatic hydroxyl groups is 1. The quantitative estimate of drug-likeness (QED) is 0.682. The van der Waals surface area contributed by atoms with E-state index in [9.17, 15) is 9.59 Å². The molecule has 1 aromatic rings. The fourth-order valence-electron chi connectivity index (χ4n) is 2.25. The van der Waals surface area contributed by atoms with Gasteiger partial charge in [0, 0.05) is 30.3 Å². The minimum absolute atomic E-state index is 0.0168. The number of anilines is 1. The molecule has 0 aromatic heterocycles. The van der Waals surface area contributed by atoms with Crippen LogP contribution in [0.1, 0.15) is 0 Å². The molecule has 2 N–H and O–H groups in total. The Morgan fingerprint density at radius 2 is 2.00 bits per heavy atom. The molecular weight excluding hydrogens is 322 g/mol. The lowest BCUT2D eigenvalue weighted by Crippen LogP contribution is -2.40. The number of amides is 3. The summed E-state index contributed by atoms with van der Waals surface area (Å²) < 4.78 is 5.04. The summed E-state index contributed by atoms with van der Waals surface area (Å²) >= 11 is 5.84. The molecule has 0 bridgehead atoms. The first-order valence-corrected chi connectivity index (χ1v) is 7.77. The van der Waals surface area contributed by atoms with E-state index in [4.69, 9.17) is 21.4 Å². The summed E-state index contributed by atoms with van der Waals surface area (Å²) in [5, 5.41) is 11.8. The second-order valence-corrected chi connectivity index (χ2v) is 5.45. The van der Waals surface area contributed by atoms with Gasteiger partial charge < -0.3 is 20.1 Å². The summed E-state index contributed by atoms with van der Waals surface area (Å²) in [7, 11) is 0. The highest BCUT2D eigenvalue weighted by atomic mass is 35.5. The molecule has 0 aliphatic carbocycles. The average molecular weight is 342 g/mol. The predicted molar refractivity (Wildman–Crippen MR) is 86.7 cm³/mol. The largest absolute Gasteiger partial charge is 0.394 e. The zero-order valence-corrected chi connectivity index (χ0v) is 13.5. The van der Waals surface area contributed by atoms with E-state index in [2.05, 4.69) is 5.32 Å². The lowest BCUT2D eigenvalue weighted by Gasteiger charge is -2.18. The molecule has 0 atom stereocenters. The van der Waals surface area contributed by atoms with Gasteiger partial charge in [-0.3, -0.25) is 9.69 Å². The van der Waals surface area contributed by atoms with Crippen LogP contribution in [-0.2, 0) is 9.53 Å². The van der Waals surface area contributed by atoms with E-state index in [0.717, 1.165) is 5.69 Å². The normalized spacial score (nSPS) is 14.4. The van der Waals surface area contributed by atoms with Crippen LogP contribution in [-0.4, -0.2) is 67.9 Å². The molecule has 0 radical (unpaired) electrons. The van der Waals surface area contributed by atoms with Crippen molar-refractivity contribution in [3.05, 3.63) is 29.3 Å². The third-order valence-corrected chi connectivity index (χ3v) is 3.62. The van der Waals surface area contributed by atoms with Crippen LogP contribution in [0.25, 0.3) is 0 Å². The van der Waals surface area contributed by atoms with Crippen LogP contribution in [0.15, 0.2) is 24.3 Å². The van der Waals surface area contributed by atoms with Crippen LogP contribution in [0.4, 0.5) is 10.5 Å². The standard InChI is InChI=1S/C15H20ClN3O4/c16-12-1-3-13(4-2-12)19-7-6-18(15(19)22)11-14(21)17-5-9-23-10-8-20/h1-4,20H,5-11H2,(H,17,21). The van der Waals surface area contributed by atoms with Gasteiger partial charge >= 0.3 is 6.03 Å². The highest BCUT2D eigenvalue weighted by molar-refractivity contribution is 6.30. The molecule has 3 amide bonds. The third-order valence-electron chi connectivity index (χ3n) is 3.37. The monoisotopic (exact) mass is 341 g/mol. The van der Waals surface area contributed by atoms with E-state index in [1.54, 1.807) is 29.2 Å². The Morgan fingerprint density at radius 1 is 1.26 bits per heavy atom. The Kier molecular flexibility index (Phi) is 6.64. The molecule has 1 aliphatic rings. The summed E-state index contributed by atoms with van der Waals surface area (Å²) in [5.41, 5.74) is 0.764. The number of hydrogen-bond donors (Lipinski definition) is 2. The van der Waals surface area contributed by atoms with Crippen molar-refractivity contribution in [2.24, 2.45) is 0 Å². The summed E-state index contributed by atoms with van der Waals surface area (Å²) in [6.45, 7) is 1.93. The number of aliphatic hydroxyl groups excluding tert-OH is 1. The SMILES string of the molecule is O=C(CN1CCN(c2ccc(Cl)cc2)C1=O)NCCOCCO. The minimum atomic E-state index is -0.232. The fraction of sp³-hybridized carbons (Fsp3) is 0.467. The summed E-state index contributed by atoms with van der Waals surface area (Å²) in [6, 6.07) is 6.82. The molecule has 8 heteroatoms. The number of rotatable bonds is 8. The number of nitrogens with one attached hydrogen (secondary N) is 1. The first-order chi connectivity index (χ1) is 11.1. The van der Waals surface area contributed by atoms with Crippen LogP contribution in [0.2, 0.25) is 5.02 Å². The number of carbonyl (C=O) groups excluding carboxylic acids is 2. The van der Waals surface area contributed by atoms with Crippen molar-refractivity contribution in [1.29, 1.82) is 0 Å². The van der Waals surface area contributed by atoms with Gasteiger partial charge in [-0.15, -0.1) is 0 Å². The van der Waals surface area contributed by atoms with Crippen LogP contribution in [0, 0.1) is 0 Å². The van der Waals surface area contributed by atoms with Gasteiger partial charge in [0.25, 0.3) is 0 Å². The van der Waals surface area contributed by atoms with Crippen LogP contribution in [0.3, 0.4) is 0 Å². The maximum absolute atomic E-state index is 12.3. The topological polar surface area (TPSA) is 82.1 Å². The second-order valence-electron chi connectivity index (χ2n) is 5.02. The fourth-order valence-corrected chi connectivity index (χ4v) is 2.37. The molecular formula is C15H20ClN3O4. The van der Waals surface area contributed by atoms with Crippen molar-refractivity contribution in [2.45, 2.75) is 0 Å². The molecule has 1 fully saturated rings. The maximum Gasteiger partial charge on any atom is 0.325 e. The Balaban J connectivity index is 1.78. The molecule has 0 unspecified atom stereocenters. The highest BCUT2D eigenvalue weighted by Crippen LogP contribution is 2.22. The Bertz CT molecular complexity index is 538. The molecule has 0 spiro atoms. The first-order valence-electron chi connectivity index (χ1n) is 7.39. The molecule has 0 saturated carbocycles. The lowest BCUT2D eigenvalue weighted by molar-refractivity contribution is -0.121. The zero-order chi connectivity index (χ0) is 16.7. The smallest absolute Gasteiger partial charge is 0.325 e. The summed E-state index contributed by atoms with van der Waals surface area (Å²) in [5.74, 6) is -0.232. The van der Waals surface area contributed by atoms with E-state index >= 15 is 0 Å². The average Bonchev–Trinajstić information content (AvgIpc) is 2.89. The van der Waals surface area contributed by atoms with E-state index in [-0.39, 0.29) is 31.7 Å². The zero-order valence-electron chi connectivity index (χ0n) is 12.7. The number of hydrogen-bond acceptors (Lipinski definition) is 4. The lowest BCUT2D eigenvalue weighted by atomic mass is 10.3. The Labute approximate surface area is 139 Å². The van der Waals surface area contributed by atoms with Crippen molar-refractivity contribution in [2.75, 3.05) is 50.9 Å². The van der Waals surface area contributed by atoms with Crippen LogP contribution < -0.4 is 10.2 Å². The predicted octanol–water partition coefficient (Wildman–Crippen LogP) is 0.707. The van der Waals surface area contributed by atoms with Gasteiger partial charge in [0.1, 0.15) is 6.54 Å². The second kappa shape index (κ2) is 8.71. The van der Waals surface area contributed by atoms with E-state index in [1.165, 1.54) is 4.90 Å². The number of ether oxygens (including phenoxy) is 1. The molecule has 7 nitrogen and oxygen atoms in total. The Hall–Kier alpha value is -1.83. The first kappa shape index (κ1) is 17.5. The van der Waals surface area contributed by atoms with Gasteiger partial charge in [-0.05, 0) is 24.3 Å². The van der Waals surface area contributed by atoms with Crippen molar-refractivity contribution in [3.63, 3.8) is 0 Å². The molecule has 126 valence electrons.